The van der Waals surface area contributed by atoms with E-state index in [4.69, 9.17) is 0 Å². The molecule has 0 nitrogen and oxygen atoms in total. The summed E-state index contributed by atoms with van der Waals surface area (Å²) in [6, 6.07) is 0. The van der Waals surface area contributed by atoms with Crippen molar-refractivity contribution >= 4 is 23.1 Å². The number of halogens is 1. The van der Waals surface area contributed by atoms with Crippen LogP contribution in [0, 0.1) is 5.92 Å². The Morgan fingerprint density at radius 3 is 1.57 bits per heavy atom. The van der Waals surface area contributed by atoms with Crippen LogP contribution in [0.4, 0.5) is 0 Å². The molecular weight excluding hydrogens is 211 g/mol. The number of rotatable bonds is 0. The SMILES string of the molecule is C[C-]1CCC1.[I-].[Mg+2]. The molecule has 0 heterocycles. The van der Waals surface area contributed by atoms with Crippen LogP contribution < -0.4 is 24.0 Å². The van der Waals surface area contributed by atoms with Gasteiger partial charge in [0.25, 0.3) is 0 Å². The van der Waals surface area contributed by atoms with Gasteiger partial charge < -0.3 is 29.9 Å². The molecule has 0 radical (unpaired) electrons. The molecule has 38 valence electrons. The van der Waals surface area contributed by atoms with Gasteiger partial charge in [-0.1, -0.05) is 0 Å². The molecular formula is C5H9IMg. The van der Waals surface area contributed by atoms with Crippen LogP contribution in [0.5, 0.6) is 0 Å². The molecule has 0 atom stereocenters. The average molecular weight is 220 g/mol. The Hall–Kier alpha value is 1.50. The molecule has 1 fully saturated rings. The average Bonchev–Trinajstić information content (AvgIpc) is 1.30. The molecule has 1 rings (SSSR count). The molecule has 0 aromatic rings. The second-order valence-corrected chi connectivity index (χ2v) is 1.81. The zero-order valence-corrected chi connectivity index (χ0v) is 8.28. The van der Waals surface area contributed by atoms with Gasteiger partial charge in [-0.2, -0.15) is 19.8 Å². The first-order valence-electron chi connectivity index (χ1n) is 2.21. The van der Waals surface area contributed by atoms with Crippen molar-refractivity contribution < 1.29 is 24.0 Å². The summed E-state index contributed by atoms with van der Waals surface area (Å²) >= 11 is 0. The molecule has 0 amide bonds. The minimum atomic E-state index is 0. The third kappa shape index (κ3) is 4.03. The van der Waals surface area contributed by atoms with Gasteiger partial charge in [-0.15, -0.1) is 6.42 Å². The molecule has 0 unspecified atom stereocenters. The van der Waals surface area contributed by atoms with Crippen LogP contribution in [0.25, 0.3) is 0 Å². The second kappa shape index (κ2) is 5.63. The molecule has 0 N–H and O–H groups in total. The molecule has 0 spiro atoms. The topological polar surface area (TPSA) is 0 Å². The van der Waals surface area contributed by atoms with Crippen molar-refractivity contribution in [2.45, 2.75) is 26.2 Å². The third-order valence-corrected chi connectivity index (χ3v) is 1.21. The minimum absolute atomic E-state index is 0. The molecule has 0 bridgehead atoms. The Bertz CT molecular complexity index is 35.1. The summed E-state index contributed by atoms with van der Waals surface area (Å²) in [6.45, 7) is 2.23. The largest absolute Gasteiger partial charge is 2.00 e. The first-order chi connectivity index (χ1) is 2.39. The third-order valence-electron chi connectivity index (χ3n) is 1.21. The normalized spacial score (nSPS) is 18.4. The van der Waals surface area contributed by atoms with Crippen LogP contribution in [0.1, 0.15) is 26.2 Å². The molecule has 1 aliphatic rings. The summed E-state index contributed by atoms with van der Waals surface area (Å²) in [6.07, 6.45) is 4.26. The van der Waals surface area contributed by atoms with Gasteiger partial charge in [0.2, 0.25) is 0 Å². The van der Waals surface area contributed by atoms with Crippen LogP contribution in [-0.4, -0.2) is 23.1 Å². The van der Waals surface area contributed by atoms with Crippen molar-refractivity contribution in [2.75, 3.05) is 0 Å². The van der Waals surface area contributed by atoms with Crippen molar-refractivity contribution in [3.8, 4) is 0 Å². The van der Waals surface area contributed by atoms with E-state index in [1.807, 2.05) is 0 Å². The van der Waals surface area contributed by atoms with Crippen LogP contribution in [0.2, 0.25) is 0 Å². The van der Waals surface area contributed by atoms with E-state index < -0.39 is 0 Å². The fraction of sp³-hybridized carbons (Fsp3) is 0.800. The minimum Gasteiger partial charge on any atom is -1.00 e. The van der Waals surface area contributed by atoms with Gasteiger partial charge in [-0.05, 0) is 0 Å². The number of hydrogen-bond acceptors (Lipinski definition) is 0. The van der Waals surface area contributed by atoms with Crippen LogP contribution in [0.3, 0.4) is 0 Å². The maximum atomic E-state index is 2.23. The van der Waals surface area contributed by atoms with E-state index >= 15 is 0 Å². The summed E-state index contributed by atoms with van der Waals surface area (Å²) in [5, 5.41) is 0. The van der Waals surface area contributed by atoms with Crippen molar-refractivity contribution in [3.05, 3.63) is 5.92 Å². The van der Waals surface area contributed by atoms with Crippen molar-refractivity contribution in [1.29, 1.82) is 0 Å². The predicted octanol–water partition coefficient (Wildman–Crippen LogP) is -1.61. The Balaban J connectivity index is 0. The van der Waals surface area contributed by atoms with E-state index in [2.05, 4.69) is 6.92 Å². The summed E-state index contributed by atoms with van der Waals surface area (Å²) in [4.78, 5) is 0. The monoisotopic (exact) mass is 220 g/mol. The van der Waals surface area contributed by atoms with Gasteiger partial charge >= 0.3 is 23.1 Å². The number of hydrogen-bond donors (Lipinski definition) is 0. The van der Waals surface area contributed by atoms with E-state index in [1.165, 1.54) is 19.3 Å². The van der Waals surface area contributed by atoms with Crippen molar-refractivity contribution in [1.82, 2.24) is 0 Å². The quantitative estimate of drug-likeness (QED) is 0.262. The molecule has 1 saturated carbocycles. The van der Waals surface area contributed by atoms with E-state index in [-0.39, 0.29) is 47.0 Å². The molecule has 0 aromatic carbocycles. The van der Waals surface area contributed by atoms with Gasteiger partial charge in [0, 0.05) is 0 Å². The fourth-order valence-electron chi connectivity index (χ4n) is 0.530. The maximum Gasteiger partial charge on any atom is 2.00 e. The summed E-state index contributed by atoms with van der Waals surface area (Å²) < 4.78 is 0. The Kier molecular flexibility index (Phi) is 9.10. The first kappa shape index (κ1) is 11.3. The Morgan fingerprint density at radius 1 is 1.29 bits per heavy atom. The van der Waals surface area contributed by atoms with Gasteiger partial charge in [-0.25, -0.2) is 0 Å². The van der Waals surface area contributed by atoms with Crippen molar-refractivity contribution in [3.63, 3.8) is 0 Å². The maximum absolute atomic E-state index is 2.23. The molecule has 2 heteroatoms. The molecule has 7 heavy (non-hydrogen) atoms. The first-order valence-corrected chi connectivity index (χ1v) is 2.21. The van der Waals surface area contributed by atoms with E-state index in [0.29, 0.717) is 0 Å². The molecule has 1 aliphatic carbocycles. The molecule has 0 saturated heterocycles. The second-order valence-electron chi connectivity index (χ2n) is 1.81. The zero-order valence-electron chi connectivity index (χ0n) is 4.71. The Morgan fingerprint density at radius 2 is 1.57 bits per heavy atom. The van der Waals surface area contributed by atoms with Gasteiger partial charge in [0.1, 0.15) is 0 Å². The van der Waals surface area contributed by atoms with Crippen LogP contribution in [0.15, 0.2) is 0 Å². The fourth-order valence-corrected chi connectivity index (χ4v) is 0.530. The van der Waals surface area contributed by atoms with Gasteiger partial charge in [-0.3, -0.25) is 0 Å². The van der Waals surface area contributed by atoms with E-state index in [1.54, 1.807) is 5.92 Å². The summed E-state index contributed by atoms with van der Waals surface area (Å²) in [7, 11) is 0. The van der Waals surface area contributed by atoms with Gasteiger partial charge in [0.15, 0.2) is 0 Å². The predicted molar refractivity (Wildman–Crippen MR) is 28.5 cm³/mol. The van der Waals surface area contributed by atoms with E-state index in [0.717, 1.165) is 0 Å². The summed E-state index contributed by atoms with van der Waals surface area (Å²) in [5.41, 5.74) is 0. The van der Waals surface area contributed by atoms with Gasteiger partial charge in [0.05, 0.1) is 0 Å². The zero-order chi connectivity index (χ0) is 3.70. The van der Waals surface area contributed by atoms with Crippen molar-refractivity contribution in [2.24, 2.45) is 0 Å². The molecule has 0 aromatic heterocycles. The summed E-state index contributed by atoms with van der Waals surface area (Å²) in [5.74, 6) is 1.69. The smallest absolute Gasteiger partial charge is 1.00 e. The molecule has 0 aliphatic heterocycles. The van der Waals surface area contributed by atoms with Crippen LogP contribution in [-0.2, 0) is 0 Å². The Labute approximate surface area is 78.6 Å². The standard InChI is InChI=1S/C5H9.HI.Mg/c1-5-3-2-4-5;;/h2-4H2,1H3;1H;/q-1;;+2/p-1. The van der Waals surface area contributed by atoms with Crippen LogP contribution >= 0.6 is 0 Å². The van der Waals surface area contributed by atoms with E-state index in [9.17, 15) is 0 Å².